The van der Waals surface area contributed by atoms with Crippen molar-refractivity contribution in [3.8, 4) is 11.5 Å². The molecule has 9 nitrogen and oxygen atoms in total. The number of carbonyl (C=O) groups excluding carboxylic acids is 3. The Hall–Kier alpha value is -5.39. The minimum atomic E-state index is -4.59. The molecule has 12 heteroatoms. The Balaban J connectivity index is 1.39. The fourth-order valence-electron chi connectivity index (χ4n) is 3.51. The molecule has 2 amide bonds. The van der Waals surface area contributed by atoms with E-state index in [2.05, 4.69) is 15.8 Å². The van der Waals surface area contributed by atoms with Gasteiger partial charge in [-0.25, -0.2) is 10.2 Å². The maximum Gasteiger partial charge on any atom is 0.416 e. The highest BCUT2D eigenvalue weighted by atomic mass is 19.4. The molecule has 0 fully saturated rings. The number of hydrogen-bond donors (Lipinski definition) is 2. The first kappa shape index (κ1) is 28.6. The molecule has 0 spiro atoms. The first-order valence-electron chi connectivity index (χ1n) is 12.1. The first-order chi connectivity index (χ1) is 19.6. The molecule has 4 aromatic rings. The number of furan rings is 1. The van der Waals surface area contributed by atoms with E-state index in [1.165, 1.54) is 54.9 Å². The molecule has 0 radical (unpaired) electrons. The number of nitrogens with one attached hydrogen (secondary N) is 2. The lowest BCUT2D eigenvalue weighted by atomic mass is 10.1. The summed E-state index contributed by atoms with van der Waals surface area (Å²) in [6.07, 6.45) is -1.90. The normalized spacial score (nSPS) is 11.2. The quantitative estimate of drug-likeness (QED) is 0.112. The third kappa shape index (κ3) is 7.60. The monoisotopic (exact) mass is 565 g/mol. The average Bonchev–Trinajstić information content (AvgIpc) is 3.50. The van der Waals surface area contributed by atoms with Crippen LogP contribution in [0.4, 0.5) is 18.9 Å². The summed E-state index contributed by atoms with van der Waals surface area (Å²) in [5.41, 5.74) is 2.08. The topological polar surface area (TPSA) is 119 Å². The first-order valence-corrected chi connectivity index (χ1v) is 12.1. The van der Waals surface area contributed by atoms with E-state index < -0.39 is 29.5 Å². The molecule has 0 aliphatic carbocycles. The van der Waals surface area contributed by atoms with Crippen LogP contribution in [0.5, 0.6) is 11.5 Å². The molecule has 0 atom stereocenters. The van der Waals surface area contributed by atoms with Crippen molar-refractivity contribution in [3.63, 3.8) is 0 Å². The molecule has 41 heavy (non-hydrogen) atoms. The minimum absolute atomic E-state index is 0.0279. The lowest BCUT2D eigenvalue weighted by Crippen LogP contribution is -2.18. The molecule has 0 saturated heterocycles. The highest BCUT2D eigenvalue weighted by molar-refractivity contribution is 6.05. The number of hydrogen-bond acceptors (Lipinski definition) is 7. The molecule has 2 N–H and O–H groups in total. The molecule has 4 rings (SSSR count). The Bertz CT molecular complexity index is 1580. The van der Waals surface area contributed by atoms with E-state index in [1.54, 1.807) is 25.1 Å². The van der Waals surface area contributed by atoms with Gasteiger partial charge in [-0.05, 0) is 79.2 Å². The van der Waals surface area contributed by atoms with Crippen LogP contribution in [-0.2, 0) is 6.18 Å². The van der Waals surface area contributed by atoms with Crippen molar-refractivity contribution >= 4 is 29.7 Å². The molecule has 0 unspecified atom stereocenters. The Morgan fingerprint density at radius 2 is 1.66 bits per heavy atom. The average molecular weight is 566 g/mol. The Morgan fingerprint density at radius 3 is 2.37 bits per heavy atom. The van der Waals surface area contributed by atoms with Crippen LogP contribution >= 0.6 is 0 Å². The van der Waals surface area contributed by atoms with E-state index in [1.807, 2.05) is 0 Å². The molecule has 0 bridgehead atoms. The number of anilines is 1. The predicted octanol–water partition coefficient (Wildman–Crippen LogP) is 5.93. The lowest BCUT2D eigenvalue weighted by molar-refractivity contribution is -0.137. The maximum absolute atomic E-state index is 13.0. The van der Waals surface area contributed by atoms with Crippen molar-refractivity contribution in [1.29, 1.82) is 0 Å². The van der Waals surface area contributed by atoms with Crippen molar-refractivity contribution in [2.45, 2.75) is 13.1 Å². The highest BCUT2D eigenvalue weighted by Gasteiger charge is 2.31. The number of hydrazone groups is 1. The molecule has 1 heterocycles. The molecular weight excluding hydrogens is 543 g/mol. The molecular formula is C29H22F3N3O6. The van der Waals surface area contributed by atoms with E-state index >= 15 is 0 Å². The number of alkyl halides is 3. The number of carbonyl (C=O) groups is 3. The number of rotatable bonds is 9. The van der Waals surface area contributed by atoms with E-state index in [0.29, 0.717) is 12.2 Å². The Morgan fingerprint density at radius 1 is 0.902 bits per heavy atom. The van der Waals surface area contributed by atoms with Gasteiger partial charge in [0, 0.05) is 16.8 Å². The smallest absolute Gasteiger partial charge is 0.416 e. The molecule has 0 saturated carbocycles. The fourth-order valence-corrected chi connectivity index (χ4v) is 3.51. The second kappa shape index (κ2) is 12.6. The van der Waals surface area contributed by atoms with Crippen LogP contribution in [0, 0.1) is 0 Å². The second-order valence-corrected chi connectivity index (χ2v) is 8.32. The van der Waals surface area contributed by atoms with Gasteiger partial charge in [0.1, 0.15) is 0 Å². The lowest BCUT2D eigenvalue weighted by Gasteiger charge is -2.10. The van der Waals surface area contributed by atoms with Crippen LogP contribution in [0.3, 0.4) is 0 Å². The van der Waals surface area contributed by atoms with E-state index in [4.69, 9.17) is 13.9 Å². The Labute approximate surface area is 231 Å². The van der Waals surface area contributed by atoms with Gasteiger partial charge in [-0.1, -0.05) is 12.1 Å². The third-order valence-electron chi connectivity index (χ3n) is 5.41. The van der Waals surface area contributed by atoms with Gasteiger partial charge in [0.05, 0.1) is 24.6 Å². The second-order valence-electron chi connectivity index (χ2n) is 8.32. The summed E-state index contributed by atoms with van der Waals surface area (Å²) in [5, 5.41) is 6.40. The zero-order valence-corrected chi connectivity index (χ0v) is 21.4. The van der Waals surface area contributed by atoms with Gasteiger partial charge in [-0.2, -0.15) is 18.3 Å². The fraction of sp³-hybridized carbons (Fsp3) is 0.103. The predicted molar refractivity (Wildman–Crippen MR) is 142 cm³/mol. The third-order valence-corrected chi connectivity index (χ3v) is 5.41. The van der Waals surface area contributed by atoms with E-state index in [0.717, 1.165) is 18.2 Å². The Kier molecular flexibility index (Phi) is 8.82. The van der Waals surface area contributed by atoms with Crippen molar-refractivity contribution < 1.29 is 41.4 Å². The van der Waals surface area contributed by atoms with Crippen molar-refractivity contribution in [2.24, 2.45) is 5.10 Å². The SMILES string of the molecule is CCOc1cc(C=NNC(=O)c2cccc(NC(=O)c3cccc(C(F)(F)F)c3)c2)ccc1OC(=O)c1ccco1. The number of halogens is 3. The van der Waals surface area contributed by atoms with Crippen molar-refractivity contribution in [1.82, 2.24) is 5.43 Å². The number of amides is 2. The van der Waals surface area contributed by atoms with Gasteiger partial charge in [-0.3, -0.25) is 9.59 Å². The summed E-state index contributed by atoms with van der Waals surface area (Å²) in [7, 11) is 0. The zero-order valence-electron chi connectivity index (χ0n) is 21.4. The minimum Gasteiger partial charge on any atom is -0.490 e. The summed E-state index contributed by atoms with van der Waals surface area (Å²) in [6, 6.07) is 17.5. The number of esters is 1. The molecule has 1 aromatic heterocycles. The van der Waals surface area contributed by atoms with Gasteiger partial charge in [0.25, 0.3) is 11.8 Å². The number of benzene rings is 3. The van der Waals surface area contributed by atoms with Crippen LogP contribution in [-0.4, -0.2) is 30.6 Å². The zero-order chi connectivity index (χ0) is 29.4. The van der Waals surface area contributed by atoms with Gasteiger partial charge >= 0.3 is 12.1 Å². The van der Waals surface area contributed by atoms with Gasteiger partial charge in [0.15, 0.2) is 11.5 Å². The van der Waals surface area contributed by atoms with Gasteiger partial charge in [-0.15, -0.1) is 0 Å². The van der Waals surface area contributed by atoms with Gasteiger partial charge in [0.2, 0.25) is 5.76 Å². The van der Waals surface area contributed by atoms with Crippen LogP contribution in [0.2, 0.25) is 0 Å². The van der Waals surface area contributed by atoms with E-state index in [-0.39, 0.29) is 34.1 Å². The molecule has 0 aliphatic rings. The number of nitrogens with zero attached hydrogens (tertiary/aromatic N) is 1. The van der Waals surface area contributed by atoms with Crippen LogP contribution in [0.25, 0.3) is 0 Å². The summed E-state index contributed by atoms with van der Waals surface area (Å²) >= 11 is 0. The summed E-state index contributed by atoms with van der Waals surface area (Å²) in [4.78, 5) is 37.3. The van der Waals surface area contributed by atoms with Crippen LogP contribution in [0.1, 0.15) is 49.3 Å². The number of ether oxygens (including phenoxy) is 2. The highest BCUT2D eigenvalue weighted by Crippen LogP contribution is 2.30. The summed E-state index contributed by atoms with van der Waals surface area (Å²) in [6.45, 7) is 2.05. The standard InChI is InChI=1S/C29H22F3N3O6/c1-2-39-25-14-18(11-12-23(25)41-28(38)24-10-5-13-40-24)17-33-35-27(37)20-7-4-9-22(16-20)34-26(36)19-6-3-8-21(15-19)29(30,31)32/h3-17H,2H2,1H3,(H,34,36)(H,35,37). The van der Waals surface area contributed by atoms with Crippen LogP contribution < -0.4 is 20.2 Å². The van der Waals surface area contributed by atoms with Crippen molar-refractivity contribution in [3.05, 3.63) is 113 Å². The molecule has 0 aliphatic heterocycles. The summed E-state index contributed by atoms with van der Waals surface area (Å²) < 4.78 is 54.8. The van der Waals surface area contributed by atoms with Crippen LogP contribution in [0.15, 0.2) is 94.6 Å². The largest absolute Gasteiger partial charge is 0.490 e. The van der Waals surface area contributed by atoms with Gasteiger partial charge < -0.3 is 19.2 Å². The van der Waals surface area contributed by atoms with E-state index in [9.17, 15) is 27.6 Å². The maximum atomic E-state index is 13.0. The molecule has 3 aromatic carbocycles. The van der Waals surface area contributed by atoms with Crippen molar-refractivity contribution in [2.75, 3.05) is 11.9 Å². The summed E-state index contributed by atoms with van der Waals surface area (Å²) in [5.74, 6) is -1.61. The molecule has 210 valence electrons.